The zero-order valence-corrected chi connectivity index (χ0v) is 9.08. The van der Waals surface area contributed by atoms with E-state index in [1.54, 1.807) is 0 Å². The van der Waals surface area contributed by atoms with Gasteiger partial charge in [-0.2, -0.15) is 0 Å². The Hall–Kier alpha value is -1.41. The Kier molecular flexibility index (Phi) is 2.69. The summed E-state index contributed by atoms with van der Waals surface area (Å²) in [7, 11) is 0. The van der Waals surface area contributed by atoms with Gasteiger partial charge >= 0.3 is 0 Å². The lowest BCUT2D eigenvalue weighted by Crippen LogP contribution is -2.32. The third-order valence-corrected chi connectivity index (χ3v) is 3.10. The molecule has 0 bridgehead atoms. The fourth-order valence-corrected chi connectivity index (χ4v) is 2.12. The second kappa shape index (κ2) is 3.99. The van der Waals surface area contributed by atoms with Gasteiger partial charge in [-0.1, -0.05) is 54.6 Å². The zero-order valence-electron chi connectivity index (χ0n) is 8.26. The summed E-state index contributed by atoms with van der Waals surface area (Å²) in [6.07, 6.45) is 8.61. The van der Waals surface area contributed by atoms with Crippen LogP contribution in [0, 0.1) is 0 Å². The van der Waals surface area contributed by atoms with E-state index in [1.165, 1.54) is 0 Å². The SMILES string of the molecule is OC(=S)C1(c2ccccc2)C=CC=CC1. The minimum Gasteiger partial charge on any atom is -0.501 e. The van der Waals surface area contributed by atoms with Gasteiger partial charge in [0.05, 0.1) is 5.41 Å². The van der Waals surface area contributed by atoms with Gasteiger partial charge in [-0.15, -0.1) is 0 Å². The van der Waals surface area contributed by atoms with Crippen LogP contribution in [0.5, 0.6) is 0 Å². The van der Waals surface area contributed by atoms with Crippen molar-refractivity contribution in [2.75, 3.05) is 0 Å². The van der Waals surface area contributed by atoms with E-state index in [0.717, 1.165) is 12.0 Å². The first kappa shape index (κ1) is 10.1. The minimum absolute atomic E-state index is 0.0364. The van der Waals surface area contributed by atoms with Crippen molar-refractivity contribution >= 4 is 17.3 Å². The molecule has 1 unspecified atom stereocenters. The van der Waals surface area contributed by atoms with E-state index in [-0.39, 0.29) is 5.05 Å². The molecule has 0 saturated heterocycles. The first-order valence-corrected chi connectivity index (χ1v) is 5.30. The average molecular weight is 216 g/mol. The van der Waals surface area contributed by atoms with Gasteiger partial charge in [0, 0.05) is 0 Å². The molecule has 0 heterocycles. The fourth-order valence-electron chi connectivity index (χ4n) is 1.85. The van der Waals surface area contributed by atoms with E-state index in [1.807, 2.05) is 54.6 Å². The molecule has 1 atom stereocenters. The molecule has 15 heavy (non-hydrogen) atoms. The van der Waals surface area contributed by atoms with Crippen molar-refractivity contribution in [3.63, 3.8) is 0 Å². The number of benzene rings is 1. The van der Waals surface area contributed by atoms with Crippen LogP contribution in [0.2, 0.25) is 0 Å². The van der Waals surface area contributed by atoms with Gasteiger partial charge in [0.1, 0.15) is 0 Å². The molecule has 2 rings (SSSR count). The Bertz CT molecular complexity index is 419. The first-order chi connectivity index (χ1) is 7.26. The van der Waals surface area contributed by atoms with Crippen LogP contribution < -0.4 is 0 Å². The van der Waals surface area contributed by atoms with E-state index in [0.29, 0.717) is 0 Å². The number of thiocarbonyl (C=S) groups is 1. The summed E-state index contributed by atoms with van der Waals surface area (Å²) in [4.78, 5) is 0. The Balaban J connectivity index is 2.49. The topological polar surface area (TPSA) is 20.2 Å². The number of hydrogen-bond donors (Lipinski definition) is 1. The smallest absolute Gasteiger partial charge is 0.171 e. The number of hydrogen-bond acceptors (Lipinski definition) is 1. The Labute approximate surface area is 94.8 Å². The predicted molar refractivity (Wildman–Crippen MR) is 66.2 cm³/mol. The van der Waals surface area contributed by atoms with Gasteiger partial charge in [-0.3, -0.25) is 0 Å². The zero-order chi connectivity index (χ0) is 10.7. The van der Waals surface area contributed by atoms with Crippen LogP contribution in [0.15, 0.2) is 54.6 Å². The molecule has 1 aromatic carbocycles. The van der Waals surface area contributed by atoms with E-state index in [9.17, 15) is 5.11 Å². The highest BCUT2D eigenvalue weighted by atomic mass is 32.1. The van der Waals surface area contributed by atoms with E-state index in [4.69, 9.17) is 12.2 Å². The van der Waals surface area contributed by atoms with Crippen LogP contribution in [0.4, 0.5) is 0 Å². The van der Waals surface area contributed by atoms with Crippen LogP contribution in [-0.4, -0.2) is 10.2 Å². The van der Waals surface area contributed by atoms with Crippen molar-refractivity contribution < 1.29 is 5.11 Å². The van der Waals surface area contributed by atoms with Crippen LogP contribution in [0.25, 0.3) is 0 Å². The number of allylic oxidation sites excluding steroid dienone is 3. The third kappa shape index (κ3) is 1.73. The lowest BCUT2D eigenvalue weighted by atomic mass is 9.76. The van der Waals surface area contributed by atoms with Gasteiger partial charge in [-0.25, -0.2) is 0 Å². The van der Waals surface area contributed by atoms with E-state index < -0.39 is 5.41 Å². The fraction of sp³-hybridized carbons (Fsp3) is 0.154. The van der Waals surface area contributed by atoms with Crippen molar-refractivity contribution in [2.24, 2.45) is 0 Å². The molecule has 0 spiro atoms. The largest absolute Gasteiger partial charge is 0.501 e. The maximum atomic E-state index is 9.73. The van der Waals surface area contributed by atoms with Crippen LogP contribution in [-0.2, 0) is 5.41 Å². The van der Waals surface area contributed by atoms with Gasteiger partial charge in [0.2, 0.25) is 0 Å². The van der Waals surface area contributed by atoms with Crippen molar-refractivity contribution in [3.05, 3.63) is 60.2 Å². The predicted octanol–water partition coefficient (Wildman–Crippen LogP) is 3.33. The molecule has 0 aliphatic heterocycles. The molecule has 76 valence electrons. The highest BCUT2D eigenvalue weighted by Crippen LogP contribution is 2.33. The Morgan fingerprint density at radius 1 is 1.20 bits per heavy atom. The standard InChI is InChI=1S/C13H12OS/c14-12(15)13(9-5-2-6-10-13)11-7-3-1-4-8-11/h1-9H,10H2,(H,14,15). The number of rotatable bonds is 2. The lowest BCUT2D eigenvalue weighted by Gasteiger charge is -2.29. The molecule has 0 aromatic heterocycles. The molecule has 0 radical (unpaired) electrons. The first-order valence-electron chi connectivity index (χ1n) is 4.89. The third-order valence-electron chi connectivity index (χ3n) is 2.74. The lowest BCUT2D eigenvalue weighted by molar-refractivity contribution is 0.495. The molecule has 1 aliphatic rings. The number of aliphatic hydroxyl groups excluding tert-OH is 1. The van der Waals surface area contributed by atoms with Crippen molar-refractivity contribution in [1.29, 1.82) is 0 Å². The van der Waals surface area contributed by atoms with Crippen molar-refractivity contribution in [2.45, 2.75) is 11.8 Å². The van der Waals surface area contributed by atoms with Crippen molar-refractivity contribution in [1.82, 2.24) is 0 Å². The second-order valence-corrected chi connectivity index (χ2v) is 4.02. The Morgan fingerprint density at radius 3 is 2.47 bits per heavy atom. The monoisotopic (exact) mass is 216 g/mol. The molecule has 0 fully saturated rings. The van der Waals surface area contributed by atoms with Gasteiger partial charge in [0.25, 0.3) is 0 Å². The summed E-state index contributed by atoms with van der Waals surface area (Å²) < 4.78 is 0. The second-order valence-electron chi connectivity index (χ2n) is 3.63. The summed E-state index contributed by atoms with van der Waals surface area (Å²) >= 11 is 4.98. The van der Waals surface area contributed by atoms with Crippen LogP contribution >= 0.6 is 12.2 Å². The highest BCUT2D eigenvalue weighted by Gasteiger charge is 2.33. The molecule has 1 N–H and O–H groups in total. The van der Waals surface area contributed by atoms with Gasteiger partial charge in [0.15, 0.2) is 5.05 Å². The van der Waals surface area contributed by atoms with Crippen LogP contribution in [0.3, 0.4) is 0 Å². The molecular weight excluding hydrogens is 204 g/mol. The Morgan fingerprint density at radius 2 is 1.93 bits per heavy atom. The summed E-state index contributed by atoms with van der Waals surface area (Å²) in [5.74, 6) is 0. The van der Waals surface area contributed by atoms with E-state index >= 15 is 0 Å². The van der Waals surface area contributed by atoms with Gasteiger partial charge < -0.3 is 5.11 Å². The summed E-state index contributed by atoms with van der Waals surface area (Å²) in [5, 5.41) is 9.76. The quantitative estimate of drug-likeness (QED) is 0.765. The maximum Gasteiger partial charge on any atom is 0.171 e. The highest BCUT2D eigenvalue weighted by molar-refractivity contribution is 7.80. The van der Waals surface area contributed by atoms with Crippen molar-refractivity contribution in [3.8, 4) is 0 Å². The molecule has 2 heteroatoms. The average Bonchev–Trinajstić information content (AvgIpc) is 2.31. The van der Waals surface area contributed by atoms with Crippen LogP contribution in [0.1, 0.15) is 12.0 Å². The molecular formula is C13H12OS. The van der Waals surface area contributed by atoms with Gasteiger partial charge in [-0.05, 0) is 24.2 Å². The molecule has 0 amide bonds. The number of aliphatic hydroxyl groups is 1. The molecule has 1 nitrogen and oxygen atoms in total. The van der Waals surface area contributed by atoms with E-state index in [2.05, 4.69) is 0 Å². The molecule has 0 saturated carbocycles. The molecule has 1 aliphatic carbocycles. The normalized spacial score (nSPS) is 24.0. The summed E-state index contributed by atoms with van der Waals surface area (Å²) in [6.45, 7) is 0. The summed E-state index contributed by atoms with van der Waals surface area (Å²) in [5.41, 5.74) is 0.531. The minimum atomic E-state index is -0.509. The maximum absolute atomic E-state index is 9.73. The molecule has 1 aromatic rings. The summed E-state index contributed by atoms with van der Waals surface area (Å²) in [6, 6.07) is 9.86.